The highest BCUT2D eigenvalue weighted by Crippen LogP contribution is 2.42. The van der Waals surface area contributed by atoms with E-state index in [1.54, 1.807) is 38.4 Å². The lowest BCUT2D eigenvalue weighted by atomic mass is 9.83. The van der Waals surface area contributed by atoms with Crippen LogP contribution in [0.15, 0.2) is 60.7 Å². The first kappa shape index (κ1) is 25.4. The Labute approximate surface area is 204 Å². The van der Waals surface area contributed by atoms with E-state index in [-0.39, 0.29) is 10.7 Å². The largest absolute Gasteiger partial charge is 0.369 e. The zero-order chi connectivity index (χ0) is 25.3. The van der Waals surface area contributed by atoms with Gasteiger partial charge in [0.2, 0.25) is 0 Å². The summed E-state index contributed by atoms with van der Waals surface area (Å²) in [5.41, 5.74) is 3.64. The molecule has 5 N–H and O–H groups in total. The Morgan fingerprint density at radius 3 is 2.32 bits per heavy atom. The molecule has 2 aromatic carbocycles. The highest BCUT2D eigenvalue weighted by atomic mass is 35.5. The first-order valence-corrected chi connectivity index (χ1v) is 10.7. The average Bonchev–Trinajstić information content (AvgIpc) is 2.75. The number of aliphatic hydroxyl groups is 1. The number of primary amides is 1. The Balaban J connectivity index is 2.07. The Morgan fingerprint density at radius 1 is 1.12 bits per heavy atom. The van der Waals surface area contributed by atoms with E-state index in [9.17, 15) is 23.5 Å². The zero-order valence-corrected chi connectivity index (χ0v) is 19.7. The monoisotopic (exact) mass is 506 g/mol. The molecule has 11 heteroatoms. The van der Waals surface area contributed by atoms with Gasteiger partial charge in [0.15, 0.2) is 10.6 Å². The summed E-state index contributed by atoms with van der Waals surface area (Å²) in [6.45, 7) is 0. The fraction of sp³-hybridized carbons (Fsp3) is 0.174. The highest BCUT2D eigenvalue weighted by Gasteiger charge is 2.53. The lowest BCUT2D eigenvalue weighted by molar-refractivity contribution is -0.0453. The Kier molecular flexibility index (Phi) is 7.18. The Hall–Kier alpha value is -3.18. The van der Waals surface area contributed by atoms with Gasteiger partial charge in [0.1, 0.15) is 22.2 Å². The second-order valence-electron chi connectivity index (χ2n) is 7.68. The lowest BCUT2D eigenvalue weighted by Crippen LogP contribution is -2.64. The molecular weight excluding hydrogens is 486 g/mol. The maximum absolute atomic E-state index is 14.1. The van der Waals surface area contributed by atoms with Crippen LogP contribution in [-0.2, 0) is 0 Å². The molecule has 34 heavy (non-hydrogen) atoms. The van der Waals surface area contributed by atoms with E-state index in [4.69, 9.17) is 29.6 Å². The molecule has 3 rings (SSSR count). The summed E-state index contributed by atoms with van der Waals surface area (Å²) in [5, 5.41) is 16.0. The molecule has 0 heterocycles. The van der Waals surface area contributed by atoms with Gasteiger partial charge < -0.3 is 21.5 Å². The number of hydrogen-bond donors (Lipinski definition) is 4. The number of benzene rings is 2. The number of rotatable bonds is 5. The van der Waals surface area contributed by atoms with Gasteiger partial charge in [-0.15, -0.1) is 11.6 Å². The second kappa shape index (κ2) is 9.59. The fourth-order valence-corrected chi connectivity index (χ4v) is 4.22. The molecule has 7 nitrogen and oxygen atoms in total. The van der Waals surface area contributed by atoms with Crippen LogP contribution in [0.5, 0.6) is 0 Å². The molecule has 3 amide bonds. The van der Waals surface area contributed by atoms with Gasteiger partial charge >= 0.3 is 6.03 Å². The van der Waals surface area contributed by atoms with Gasteiger partial charge in [-0.05, 0) is 50.0 Å². The predicted molar refractivity (Wildman–Crippen MR) is 130 cm³/mol. The van der Waals surface area contributed by atoms with Crippen LogP contribution in [0, 0.1) is 11.6 Å². The molecule has 0 spiro atoms. The molecule has 1 aliphatic carbocycles. The van der Waals surface area contributed by atoms with E-state index in [0.29, 0.717) is 11.1 Å². The van der Waals surface area contributed by atoms with Crippen molar-refractivity contribution in [2.24, 2.45) is 5.73 Å². The summed E-state index contributed by atoms with van der Waals surface area (Å²) in [6.07, 6.45) is 4.32. The van der Waals surface area contributed by atoms with Crippen molar-refractivity contribution in [1.82, 2.24) is 10.2 Å². The third kappa shape index (κ3) is 4.58. The van der Waals surface area contributed by atoms with Crippen molar-refractivity contribution in [2.45, 2.75) is 10.6 Å². The molecule has 178 valence electrons. The summed E-state index contributed by atoms with van der Waals surface area (Å²) in [5.74, 6) is -3.01. The van der Waals surface area contributed by atoms with Crippen LogP contribution in [0.4, 0.5) is 19.3 Å². The number of amides is 3. The van der Waals surface area contributed by atoms with Gasteiger partial charge in [0, 0.05) is 11.3 Å². The standard InChI is InChI=1S/C23H21ClF2N4O3S/c1-30(2)23(33)11-10-13(12-22(23,24)20(34)29-21(27)32)14-6-3-4-9-17(14)28-19(31)18-15(25)7-5-8-16(18)26/h3-12,33H,1-2H3,(H,28,31)(H3,27,29,32,34). The number of alkyl halides is 1. The van der Waals surface area contributed by atoms with Crippen LogP contribution in [0.2, 0.25) is 0 Å². The fourth-order valence-electron chi connectivity index (χ4n) is 3.52. The molecule has 0 aliphatic heterocycles. The van der Waals surface area contributed by atoms with Crippen molar-refractivity contribution >= 4 is 52.0 Å². The van der Waals surface area contributed by atoms with Gasteiger partial charge in [-0.25, -0.2) is 13.6 Å². The number of carbonyl (C=O) groups is 2. The minimum absolute atomic E-state index is 0.217. The SMILES string of the molecule is CN(C)C1(O)C=CC(c2ccccc2NC(=O)c2c(F)cccc2F)=CC1(Cl)C(=S)NC(N)=O. The maximum Gasteiger partial charge on any atom is 0.317 e. The molecule has 0 aromatic heterocycles. The van der Waals surface area contributed by atoms with Gasteiger partial charge in [-0.3, -0.25) is 9.69 Å². The molecule has 2 unspecified atom stereocenters. The number of allylic oxidation sites excluding steroid dienone is 2. The van der Waals surface area contributed by atoms with Crippen molar-refractivity contribution in [3.63, 3.8) is 0 Å². The van der Waals surface area contributed by atoms with Crippen molar-refractivity contribution in [2.75, 3.05) is 19.4 Å². The second-order valence-corrected chi connectivity index (χ2v) is 8.68. The summed E-state index contributed by atoms with van der Waals surface area (Å²) < 4.78 is 28.2. The van der Waals surface area contributed by atoms with Crippen molar-refractivity contribution < 1.29 is 23.5 Å². The molecule has 2 aromatic rings. The molecular formula is C23H21ClF2N4O3S. The molecule has 0 radical (unpaired) electrons. The third-order valence-electron chi connectivity index (χ3n) is 5.31. The topological polar surface area (TPSA) is 108 Å². The van der Waals surface area contributed by atoms with E-state index >= 15 is 0 Å². The van der Waals surface area contributed by atoms with Gasteiger partial charge in [-0.1, -0.05) is 42.6 Å². The molecule has 0 fully saturated rings. The van der Waals surface area contributed by atoms with Crippen molar-refractivity contribution in [3.05, 3.63) is 83.5 Å². The van der Waals surface area contributed by atoms with E-state index in [1.807, 2.05) is 0 Å². The van der Waals surface area contributed by atoms with Gasteiger partial charge in [-0.2, -0.15) is 0 Å². The zero-order valence-electron chi connectivity index (χ0n) is 18.1. The van der Waals surface area contributed by atoms with Crippen LogP contribution >= 0.6 is 23.8 Å². The van der Waals surface area contributed by atoms with E-state index in [0.717, 1.165) is 18.2 Å². The Bertz CT molecular complexity index is 1220. The van der Waals surface area contributed by atoms with Gasteiger partial charge in [0.05, 0.1) is 0 Å². The number of nitrogens with one attached hydrogen (secondary N) is 2. The molecule has 0 saturated heterocycles. The van der Waals surface area contributed by atoms with Crippen LogP contribution in [0.1, 0.15) is 15.9 Å². The third-order valence-corrected chi connectivity index (χ3v) is 6.42. The number of carbonyl (C=O) groups excluding carboxylic acids is 2. The van der Waals surface area contributed by atoms with Crippen molar-refractivity contribution in [1.29, 1.82) is 0 Å². The smallest absolute Gasteiger partial charge is 0.317 e. The number of hydrogen-bond acceptors (Lipinski definition) is 5. The number of nitrogens with two attached hydrogens (primary N) is 1. The normalized spacial score (nSPS) is 21.7. The number of urea groups is 1. The number of nitrogens with zero attached hydrogens (tertiary/aromatic N) is 1. The minimum atomic E-state index is -1.86. The molecule has 0 saturated carbocycles. The Morgan fingerprint density at radius 2 is 1.74 bits per heavy atom. The first-order valence-electron chi connectivity index (χ1n) is 9.87. The lowest BCUT2D eigenvalue weighted by Gasteiger charge is -2.45. The van der Waals surface area contributed by atoms with E-state index < -0.39 is 39.7 Å². The average molecular weight is 507 g/mol. The highest BCUT2D eigenvalue weighted by molar-refractivity contribution is 7.80. The summed E-state index contributed by atoms with van der Waals surface area (Å²) in [4.78, 5) is 23.4. The van der Waals surface area contributed by atoms with E-state index in [2.05, 4.69) is 10.6 Å². The van der Waals surface area contributed by atoms with Crippen molar-refractivity contribution in [3.8, 4) is 0 Å². The van der Waals surface area contributed by atoms with Crippen LogP contribution in [0.3, 0.4) is 0 Å². The quantitative estimate of drug-likeness (QED) is 0.282. The summed E-state index contributed by atoms with van der Waals surface area (Å²) in [6, 6.07) is 8.60. The maximum atomic E-state index is 14.1. The van der Waals surface area contributed by atoms with Gasteiger partial charge in [0.25, 0.3) is 5.91 Å². The summed E-state index contributed by atoms with van der Waals surface area (Å²) >= 11 is 12.1. The van der Waals surface area contributed by atoms with Crippen LogP contribution in [-0.4, -0.2) is 51.6 Å². The summed E-state index contributed by atoms with van der Waals surface area (Å²) in [7, 11) is 3.12. The number of halogens is 3. The minimum Gasteiger partial charge on any atom is -0.369 e. The predicted octanol–water partition coefficient (Wildman–Crippen LogP) is 3.39. The number of anilines is 1. The van der Waals surface area contributed by atoms with Crippen LogP contribution in [0.25, 0.3) is 5.57 Å². The molecule has 0 bridgehead atoms. The van der Waals surface area contributed by atoms with Crippen LogP contribution < -0.4 is 16.4 Å². The number of likely N-dealkylation sites (N-methyl/N-ethyl adjacent to an activating group) is 1. The number of thiocarbonyl (C=S) groups is 1. The van der Waals surface area contributed by atoms with E-state index in [1.165, 1.54) is 23.1 Å². The molecule has 1 aliphatic rings. The molecule has 2 atom stereocenters. The first-order chi connectivity index (χ1) is 15.9. The number of para-hydroxylation sites is 1.